The van der Waals surface area contributed by atoms with Crippen LogP contribution in [0.15, 0.2) is 42.5 Å². The maximum atomic E-state index is 11.9. The normalized spacial score (nSPS) is 15.8. The average molecular weight is 353 g/mol. The second-order valence-corrected chi connectivity index (χ2v) is 6.78. The summed E-state index contributed by atoms with van der Waals surface area (Å²) in [5.74, 6) is 0.699. The molecule has 1 heterocycles. The molecule has 0 saturated heterocycles. The van der Waals surface area contributed by atoms with Gasteiger partial charge in [-0.25, -0.2) is 0 Å². The van der Waals surface area contributed by atoms with E-state index in [-0.39, 0.29) is 25.0 Å². The molecule has 0 spiro atoms. The summed E-state index contributed by atoms with van der Waals surface area (Å²) >= 11 is 0. The molecule has 1 aliphatic rings. The van der Waals surface area contributed by atoms with Crippen molar-refractivity contribution in [1.82, 2.24) is 5.32 Å². The molecule has 1 unspecified atom stereocenters. The molecule has 0 saturated carbocycles. The van der Waals surface area contributed by atoms with Crippen LogP contribution < -0.4 is 10.1 Å². The Hall–Kier alpha value is -2.33. The fourth-order valence-corrected chi connectivity index (χ4v) is 3.34. The molecule has 0 fully saturated rings. The van der Waals surface area contributed by atoms with E-state index in [4.69, 9.17) is 9.84 Å². The third kappa shape index (κ3) is 4.44. The lowest BCUT2D eigenvalue weighted by Crippen LogP contribution is -2.32. The monoisotopic (exact) mass is 353 g/mol. The Balaban J connectivity index is 1.81. The number of aliphatic hydroxyl groups is 1. The molecule has 1 atom stereocenters. The fraction of sp³-hybridized carbons (Fsp3) is 0.409. The standard InChI is InChI=1S/C22H27NO3/c1-2-3-4-16-5-7-17(8-6-16)18-9-10-21-19(15-18)20(12-14-26-21)23-22(25)11-13-24/h5-10,15,20,24H,2-4,11-14H2,1H3,(H,23,25). The van der Waals surface area contributed by atoms with Gasteiger partial charge >= 0.3 is 0 Å². The summed E-state index contributed by atoms with van der Waals surface area (Å²) in [5, 5.41) is 12.0. The molecule has 4 heteroatoms. The zero-order valence-electron chi connectivity index (χ0n) is 15.3. The molecule has 0 bridgehead atoms. The van der Waals surface area contributed by atoms with Crippen molar-refractivity contribution in [3.8, 4) is 16.9 Å². The van der Waals surface area contributed by atoms with Gasteiger partial charge in [0.15, 0.2) is 0 Å². The van der Waals surface area contributed by atoms with Crippen LogP contribution in [0.5, 0.6) is 5.75 Å². The Morgan fingerprint density at radius 3 is 2.69 bits per heavy atom. The molecule has 3 rings (SSSR count). The van der Waals surface area contributed by atoms with Crippen LogP contribution in [-0.2, 0) is 11.2 Å². The van der Waals surface area contributed by atoms with Crippen molar-refractivity contribution in [2.45, 2.75) is 45.1 Å². The number of fused-ring (bicyclic) bond motifs is 1. The van der Waals surface area contributed by atoms with Crippen LogP contribution in [0, 0.1) is 0 Å². The molecule has 2 aromatic rings. The number of nitrogens with one attached hydrogen (secondary N) is 1. The van der Waals surface area contributed by atoms with E-state index in [0.29, 0.717) is 6.61 Å². The number of hydrogen-bond acceptors (Lipinski definition) is 3. The smallest absolute Gasteiger partial charge is 0.222 e. The lowest BCUT2D eigenvalue weighted by atomic mass is 9.94. The number of amides is 1. The largest absolute Gasteiger partial charge is 0.493 e. The number of carbonyl (C=O) groups is 1. The summed E-state index contributed by atoms with van der Waals surface area (Å²) < 4.78 is 5.75. The van der Waals surface area contributed by atoms with E-state index in [1.54, 1.807) is 0 Å². The van der Waals surface area contributed by atoms with Crippen molar-refractivity contribution < 1.29 is 14.6 Å². The summed E-state index contributed by atoms with van der Waals surface area (Å²) in [6, 6.07) is 14.8. The van der Waals surface area contributed by atoms with Crippen molar-refractivity contribution in [2.24, 2.45) is 0 Å². The van der Waals surface area contributed by atoms with Gasteiger partial charge in [-0.3, -0.25) is 4.79 Å². The van der Waals surface area contributed by atoms with Crippen LogP contribution in [0.25, 0.3) is 11.1 Å². The number of ether oxygens (including phenoxy) is 1. The van der Waals surface area contributed by atoms with Crippen molar-refractivity contribution in [1.29, 1.82) is 0 Å². The molecular formula is C22H27NO3. The minimum Gasteiger partial charge on any atom is -0.493 e. The van der Waals surface area contributed by atoms with Crippen LogP contribution in [0.3, 0.4) is 0 Å². The van der Waals surface area contributed by atoms with Gasteiger partial charge in [0, 0.05) is 18.4 Å². The van der Waals surface area contributed by atoms with Crippen LogP contribution in [-0.4, -0.2) is 24.2 Å². The topological polar surface area (TPSA) is 58.6 Å². The highest BCUT2D eigenvalue weighted by molar-refractivity contribution is 5.77. The Labute approximate surface area is 155 Å². The molecular weight excluding hydrogens is 326 g/mol. The molecule has 1 amide bonds. The van der Waals surface area contributed by atoms with Crippen LogP contribution in [0.2, 0.25) is 0 Å². The predicted octanol–water partition coefficient (Wildman–Crippen LogP) is 4.02. The average Bonchev–Trinajstić information content (AvgIpc) is 2.67. The second kappa shape index (κ2) is 8.86. The van der Waals surface area contributed by atoms with Crippen molar-refractivity contribution in [3.05, 3.63) is 53.6 Å². The van der Waals surface area contributed by atoms with E-state index in [1.807, 2.05) is 6.07 Å². The lowest BCUT2D eigenvalue weighted by molar-refractivity contribution is -0.122. The Morgan fingerprint density at radius 2 is 1.96 bits per heavy atom. The first-order valence-corrected chi connectivity index (χ1v) is 9.47. The third-order valence-electron chi connectivity index (χ3n) is 4.83. The Bertz CT molecular complexity index is 740. The SMILES string of the molecule is CCCCc1ccc(-c2ccc3c(c2)C(NC(=O)CCO)CCO3)cc1. The molecule has 138 valence electrons. The summed E-state index contributed by atoms with van der Waals surface area (Å²) in [6.45, 7) is 2.66. The van der Waals surface area contributed by atoms with Gasteiger partial charge in [-0.1, -0.05) is 43.7 Å². The Kier molecular flexibility index (Phi) is 6.29. The third-order valence-corrected chi connectivity index (χ3v) is 4.83. The van der Waals surface area contributed by atoms with Crippen molar-refractivity contribution in [2.75, 3.05) is 13.2 Å². The minimum absolute atomic E-state index is 0.0680. The van der Waals surface area contributed by atoms with Crippen LogP contribution >= 0.6 is 0 Å². The van der Waals surface area contributed by atoms with E-state index in [1.165, 1.54) is 24.0 Å². The lowest BCUT2D eigenvalue weighted by Gasteiger charge is -2.27. The number of hydrogen-bond donors (Lipinski definition) is 2. The molecule has 1 aliphatic heterocycles. The van der Waals surface area contributed by atoms with E-state index in [2.05, 4.69) is 48.6 Å². The van der Waals surface area contributed by atoms with Crippen LogP contribution in [0.4, 0.5) is 0 Å². The van der Waals surface area contributed by atoms with E-state index < -0.39 is 0 Å². The van der Waals surface area contributed by atoms with Gasteiger partial charge in [0.25, 0.3) is 0 Å². The van der Waals surface area contributed by atoms with Gasteiger partial charge in [0.05, 0.1) is 19.3 Å². The van der Waals surface area contributed by atoms with Gasteiger partial charge in [0.2, 0.25) is 5.91 Å². The summed E-state index contributed by atoms with van der Waals surface area (Å²) in [7, 11) is 0. The van der Waals surface area contributed by atoms with Gasteiger partial charge in [-0.2, -0.15) is 0 Å². The first-order valence-electron chi connectivity index (χ1n) is 9.47. The summed E-state index contributed by atoms with van der Waals surface area (Å²) in [6.07, 6.45) is 4.41. The highest BCUT2D eigenvalue weighted by Crippen LogP contribution is 2.35. The van der Waals surface area contributed by atoms with E-state index in [9.17, 15) is 4.79 Å². The maximum absolute atomic E-state index is 11.9. The molecule has 0 radical (unpaired) electrons. The fourth-order valence-electron chi connectivity index (χ4n) is 3.34. The Morgan fingerprint density at radius 1 is 1.19 bits per heavy atom. The van der Waals surface area contributed by atoms with Crippen LogP contribution in [0.1, 0.15) is 49.8 Å². The number of rotatable bonds is 7. The quantitative estimate of drug-likeness (QED) is 0.790. The molecule has 4 nitrogen and oxygen atoms in total. The number of unbranched alkanes of at least 4 members (excludes halogenated alkanes) is 1. The van der Waals surface area contributed by atoms with Gasteiger partial charge in [-0.05, 0) is 41.7 Å². The molecule has 0 aliphatic carbocycles. The minimum atomic E-state index is -0.133. The van der Waals surface area contributed by atoms with E-state index in [0.717, 1.165) is 29.7 Å². The van der Waals surface area contributed by atoms with Gasteiger partial charge in [-0.15, -0.1) is 0 Å². The van der Waals surface area contributed by atoms with Gasteiger partial charge in [0.1, 0.15) is 5.75 Å². The second-order valence-electron chi connectivity index (χ2n) is 6.78. The maximum Gasteiger partial charge on any atom is 0.222 e. The zero-order chi connectivity index (χ0) is 18.4. The van der Waals surface area contributed by atoms with Crippen molar-refractivity contribution >= 4 is 5.91 Å². The number of benzene rings is 2. The number of aliphatic hydroxyl groups excluding tert-OH is 1. The molecule has 0 aromatic heterocycles. The first kappa shape index (κ1) is 18.5. The predicted molar refractivity (Wildman–Crippen MR) is 103 cm³/mol. The zero-order valence-corrected chi connectivity index (χ0v) is 15.3. The van der Waals surface area contributed by atoms with E-state index >= 15 is 0 Å². The van der Waals surface area contributed by atoms with Gasteiger partial charge < -0.3 is 15.2 Å². The highest BCUT2D eigenvalue weighted by Gasteiger charge is 2.23. The molecule has 2 N–H and O–H groups in total. The first-order chi connectivity index (χ1) is 12.7. The molecule has 2 aromatic carbocycles. The summed E-state index contributed by atoms with van der Waals surface area (Å²) in [4.78, 5) is 11.9. The summed E-state index contributed by atoms with van der Waals surface area (Å²) in [5.41, 5.74) is 4.66. The molecule has 26 heavy (non-hydrogen) atoms. The number of aryl methyl sites for hydroxylation is 1. The van der Waals surface area contributed by atoms with Crippen molar-refractivity contribution in [3.63, 3.8) is 0 Å². The highest BCUT2D eigenvalue weighted by atomic mass is 16.5. The number of carbonyl (C=O) groups excluding carboxylic acids is 1.